The number of hydrogen-bond donors (Lipinski definition) is 1. The third-order valence-corrected chi connectivity index (χ3v) is 6.80. The van der Waals surface area contributed by atoms with E-state index in [2.05, 4.69) is 0 Å². The van der Waals surface area contributed by atoms with Crippen LogP contribution < -0.4 is 0 Å². The summed E-state index contributed by atoms with van der Waals surface area (Å²) in [6.45, 7) is 2.02. The Labute approximate surface area is 143 Å². The van der Waals surface area contributed by atoms with E-state index in [0.717, 1.165) is 28.4 Å². The number of carboxylic acids is 1. The molecule has 1 aliphatic carbocycles. The number of ketones is 1. The first-order valence-corrected chi connectivity index (χ1v) is 9.52. The second-order valence-corrected chi connectivity index (χ2v) is 7.92. The predicted octanol–water partition coefficient (Wildman–Crippen LogP) is 4.89. The molecule has 0 spiro atoms. The van der Waals surface area contributed by atoms with Gasteiger partial charge in [0.15, 0.2) is 5.78 Å². The Morgan fingerprint density at radius 3 is 2.74 bits per heavy atom. The quantitative estimate of drug-likeness (QED) is 0.783. The summed E-state index contributed by atoms with van der Waals surface area (Å²) in [5.74, 6) is 0.000135. The fraction of sp³-hybridized carbons (Fsp3) is 0.333. The van der Waals surface area contributed by atoms with E-state index in [4.69, 9.17) is 0 Å². The molecular formula is C18H18O3S2. The summed E-state index contributed by atoms with van der Waals surface area (Å²) in [6.07, 6.45) is 2.28. The first-order chi connectivity index (χ1) is 11.1. The monoisotopic (exact) mass is 346 g/mol. The van der Waals surface area contributed by atoms with Crippen LogP contribution >= 0.6 is 23.1 Å². The minimum absolute atomic E-state index is 0.0369. The lowest BCUT2D eigenvalue weighted by Crippen LogP contribution is -2.22. The number of carbonyl (C=O) groups excluding carboxylic acids is 1. The number of carbonyl (C=O) groups is 2. The van der Waals surface area contributed by atoms with Crippen LogP contribution in [-0.4, -0.2) is 16.9 Å². The van der Waals surface area contributed by atoms with Gasteiger partial charge in [-0.25, -0.2) is 4.79 Å². The number of aromatic carboxylic acids is 1. The van der Waals surface area contributed by atoms with Crippen LogP contribution in [0, 0.1) is 5.92 Å². The molecule has 1 heterocycles. The molecule has 1 aromatic heterocycles. The lowest BCUT2D eigenvalue weighted by Gasteiger charge is -2.21. The summed E-state index contributed by atoms with van der Waals surface area (Å²) >= 11 is 2.84. The number of thiophene rings is 1. The summed E-state index contributed by atoms with van der Waals surface area (Å²) in [5.41, 5.74) is 2.62. The van der Waals surface area contributed by atoms with Crippen molar-refractivity contribution in [1.29, 1.82) is 0 Å². The van der Waals surface area contributed by atoms with E-state index >= 15 is 0 Å². The van der Waals surface area contributed by atoms with Crippen LogP contribution in [0.2, 0.25) is 0 Å². The van der Waals surface area contributed by atoms with Crippen molar-refractivity contribution >= 4 is 34.9 Å². The van der Waals surface area contributed by atoms with Crippen molar-refractivity contribution in [3.05, 3.63) is 51.9 Å². The predicted molar refractivity (Wildman–Crippen MR) is 93.7 cm³/mol. The van der Waals surface area contributed by atoms with Crippen molar-refractivity contribution in [2.24, 2.45) is 5.92 Å². The Hall–Kier alpha value is -1.59. The van der Waals surface area contributed by atoms with E-state index in [9.17, 15) is 14.7 Å². The van der Waals surface area contributed by atoms with Gasteiger partial charge >= 0.3 is 5.97 Å². The SMILES string of the molecule is CCC1CCc2c(C(=O)O)sc(SCc3ccccc3)c2C1=O. The Morgan fingerprint density at radius 1 is 1.35 bits per heavy atom. The van der Waals surface area contributed by atoms with Crippen molar-refractivity contribution in [3.8, 4) is 0 Å². The maximum atomic E-state index is 12.7. The zero-order valence-electron chi connectivity index (χ0n) is 12.9. The van der Waals surface area contributed by atoms with Gasteiger partial charge in [-0.1, -0.05) is 37.3 Å². The summed E-state index contributed by atoms with van der Waals surface area (Å²) in [4.78, 5) is 24.6. The standard InChI is InChI=1S/C18H18O3S2/c1-2-12-8-9-13-14(15(12)19)18(23-16(13)17(20)21)22-10-11-6-4-3-5-7-11/h3-7,12H,2,8-10H2,1H3,(H,20,21). The molecule has 5 heteroatoms. The number of hydrogen-bond acceptors (Lipinski definition) is 4. The minimum atomic E-state index is -0.916. The van der Waals surface area contributed by atoms with Gasteiger partial charge in [0.2, 0.25) is 0 Å². The van der Waals surface area contributed by atoms with E-state index in [1.165, 1.54) is 16.9 Å². The molecule has 0 bridgehead atoms. The molecule has 3 rings (SSSR count). The highest BCUT2D eigenvalue weighted by Gasteiger charge is 2.34. The Balaban J connectivity index is 1.94. The van der Waals surface area contributed by atoms with E-state index in [0.29, 0.717) is 16.9 Å². The Morgan fingerprint density at radius 2 is 2.09 bits per heavy atom. The number of carboxylic acid groups (broad SMARTS) is 1. The van der Waals surface area contributed by atoms with Crippen LogP contribution in [0.4, 0.5) is 0 Å². The summed E-state index contributed by atoms with van der Waals surface area (Å²) in [5, 5.41) is 9.44. The third kappa shape index (κ3) is 3.21. The summed E-state index contributed by atoms with van der Waals surface area (Å²) < 4.78 is 0.865. The molecule has 0 radical (unpaired) electrons. The maximum absolute atomic E-state index is 12.7. The van der Waals surface area contributed by atoms with Crippen molar-refractivity contribution in [1.82, 2.24) is 0 Å². The van der Waals surface area contributed by atoms with Crippen molar-refractivity contribution in [2.75, 3.05) is 0 Å². The summed E-state index contributed by atoms with van der Waals surface area (Å²) in [7, 11) is 0. The highest BCUT2D eigenvalue weighted by molar-refractivity contribution is 8.00. The second kappa shape index (κ2) is 6.89. The molecule has 0 saturated heterocycles. The highest BCUT2D eigenvalue weighted by atomic mass is 32.2. The lowest BCUT2D eigenvalue weighted by atomic mass is 9.82. The number of rotatable bonds is 5. The van der Waals surface area contributed by atoms with Gasteiger partial charge in [0.25, 0.3) is 0 Å². The number of thioether (sulfide) groups is 1. The van der Waals surface area contributed by atoms with Crippen LogP contribution in [0.1, 0.15) is 50.9 Å². The average molecular weight is 346 g/mol. The molecule has 3 nitrogen and oxygen atoms in total. The lowest BCUT2D eigenvalue weighted by molar-refractivity contribution is 0.0701. The largest absolute Gasteiger partial charge is 0.477 e. The van der Waals surface area contributed by atoms with E-state index in [1.54, 1.807) is 11.8 Å². The van der Waals surface area contributed by atoms with E-state index in [1.807, 2.05) is 37.3 Å². The van der Waals surface area contributed by atoms with Gasteiger partial charge in [0.05, 0.1) is 4.21 Å². The van der Waals surface area contributed by atoms with Crippen molar-refractivity contribution in [3.63, 3.8) is 0 Å². The van der Waals surface area contributed by atoms with E-state index < -0.39 is 5.97 Å². The molecule has 1 N–H and O–H groups in total. The van der Waals surface area contributed by atoms with Crippen LogP contribution in [-0.2, 0) is 12.2 Å². The fourth-order valence-corrected chi connectivity index (χ4v) is 5.42. The number of benzene rings is 1. The zero-order valence-corrected chi connectivity index (χ0v) is 14.5. The molecule has 1 atom stereocenters. The molecule has 120 valence electrons. The van der Waals surface area contributed by atoms with Gasteiger partial charge in [-0.15, -0.1) is 23.1 Å². The van der Waals surface area contributed by atoms with Gasteiger partial charge < -0.3 is 5.11 Å². The summed E-state index contributed by atoms with van der Waals surface area (Å²) in [6, 6.07) is 10.0. The van der Waals surface area contributed by atoms with Gasteiger partial charge in [0, 0.05) is 17.2 Å². The minimum Gasteiger partial charge on any atom is -0.477 e. The van der Waals surface area contributed by atoms with Crippen LogP contribution in [0.5, 0.6) is 0 Å². The molecule has 0 fully saturated rings. The first kappa shape index (κ1) is 16.3. The molecule has 0 amide bonds. The van der Waals surface area contributed by atoms with Gasteiger partial charge in [-0.2, -0.15) is 0 Å². The Bertz CT molecular complexity index is 734. The zero-order chi connectivity index (χ0) is 16.4. The molecule has 1 unspecified atom stereocenters. The van der Waals surface area contributed by atoms with Crippen molar-refractivity contribution < 1.29 is 14.7 Å². The average Bonchev–Trinajstić information content (AvgIpc) is 2.94. The smallest absolute Gasteiger partial charge is 0.346 e. The normalized spacial score (nSPS) is 17.1. The first-order valence-electron chi connectivity index (χ1n) is 7.71. The van der Waals surface area contributed by atoms with Crippen LogP contribution in [0.15, 0.2) is 34.5 Å². The maximum Gasteiger partial charge on any atom is 0.346 e. The van der Waals surface area contributed by atoms with Gasteiger partial charge in [-0.05, 0) is 30.4 Å². The fourth-order valence-electron chi connectivity index (χ4n) is 2.97. The molecule has 1 aromatic carbocycles. The molecule has 23 heavy (non-hydrogen) atoms. The number of fused-ring (bicyclic) bond motifs is 1. The third-order valence-electron chi connectivity index (χ3n) is 4.23. The molecule has 2 aromatic rings. The number of Topliss-reactive ketones (excluding diaryl/α,β-unsaturated/α-hetero) is 1. The van der Waals surface area contributed by atoms with Gasteiger partial charge in [0.1, 0.15) is 4.88 Å². The Kier molecular flexibility index (Phi) is 4.87. The van der Waals surface area contributed by atoms with Crippen LogP contribution in [0.3, 0.4) is 0 Å². The molecule has 0 saturated carbocycles. The highest BCUT2D eigenvalue weighted by Crippen LogP contribution is 2.43. The molecular weight excluding hydrogens is 328 g/mol. The van der Waals surface area contributed by atoms with Gasteiger partial charge in [-0.3, -0.25) is 4.79 Å². The molecule has 1 aliphatic rings. The second-order valence-electron chi connectivity index (χ2n) is 5.66. The topological polar surface area (TPSA) is 54.4 Å². The van der Waals surface area contributed by atoms with Crippen LogP contribution in [0.25, 0.3) is 0 Å². The molecule has 0 aliphatic heterocycles. The van der Waals surface area contributed by atoms with Crippen molar-refractivity contribution in [2.45, 2.75) is 36.1 Å². The van der Waals surface area contributed by atoms with E-state index in [-0.39, 0.29) is 11.7 Å².